The Balaban J connectivity index is 1.80. The van der Waals surface area contributed by atoms with Gasteiger partial charge in [0.05, 0.1) is 22.7 Å². The number of hydrogen-bond acceptors (Lipinski definition) is 5. The summed E-state index contributed by atoms with van der Waals surface area (Å²) in [5, 5.41) is 9.76. The first-order valence-corrected chi connectivity index (χ1v) is 10.8. The van der Waals surface area contributed by atoms with Gasteiger partial charge in [0.1, 0.15) is 5.82 Å². The number of fused-ring (bicyclic) bond motifs is 1. The largest absolute Gasteiger partial charge is 0.345 e. The van der Waals surface area contributed by atoms with Gasteiger partial charge in [-0.25, -0.2) is 13.1 Å². The smallest absolute Gasteiger partial charge is 0.314 e. The molecule has 26 heavy (non-hydrogen) atoms. The van der Waals surface area contributed by atoms with Crippen LogP contribution in [0.2, 0.25) is 0 Å². The lowest BCUT2D eigenvalue weighted by Crippen LogP contribution is -2.43. The zero-order valence-electron chi connectivity index (χ0n) is 15.5. The first-order chi connectivity index (χ1) is 12.1. The molecule has 1 aromatic rings. The Morgan fingerprint density at radius 2 is 1.73 bits per heavy atom. The van der Waals surface area contributed by atoms with Crippen LogP contribution < -0.4 is 10.6 Å². The lowest BCUT2D eigenvalue weighted by atomic mass is 9.95. The third-order valence-corrected chi connectivity index (χ3v) is 6.24. The van der Waals surface area contributed by atoms with Crippen LogP contribution in [0.5, 0.6) is 0 Å². The van der Waals surface area contributed by atoms with Crippen LogP contribution in [0, 0.1) is 0 Å². The topological polar surface area (TPSA) is 110 Å². The molecule has 2 heterocycles. The van der Waals surface area contributed by atoms with Crippen molar-refractivity contribution in [2.45, 2.75) is 76.0 Å². The van der Waals surface area contributed by atoms with E-state index in [-0.39, 0.29) is 17.5 Å². The van der Waals surface area contributed by atoms with Gasteiger partial charge in [-0.3, -0.25) is 9.59 Å². The third-order valence-electron chi connectivity index (χ3n) is 4.80. The summed E-state index contributed by atoms with van der Waals surface area (Å²) in [6.07, 6.45) is 5.02. The molecule has 0 bridgehead atoms. The van der Waals surface area contributed by atoms with Crippen molar-refractivity contribution in [3.63, 3.8) is 0 Å². The van der Waals surface area contributed by atoms with Gasteiger partial charge >= 0.3 is 11.8 Å². The van der Waals surface area contributed by atoms with Crippen molar-refractivity contribution in [2.24, 2.45) is 0 Å². The van der Waals surface area contributed by atoms with Crippen LogP contribution in [0.4, 0.5) is 5.82 Å². The number of carbonyl (C=O) groups is 2. The fourth-order valence-electron chi connectivity index (χ4n) is 3.52. The Kier molecular flexibility index (Phi) is 4.85. The average molecular weight is 382 g/mol. The number of hydrogen-bond donors (Lipinski definition) is 2. The van der Waals surface area contributed by atoms with Crippen LogP contribution in [-0.4, -0.2) is 36.1 Å². The van der Waals surface area contributed by atoms with Crippen LogP contribution in [-0.2, 0) is 36.5 Å². The maximum atomic E-state index is 12.4. The molecule has 0 atom stereocenters. The summed E-state index contributed by atoms with van der Waals surface area (Å²) < 4.78 is 25.4. The standard InChI is InChI=1S/C17H26N4O4S/c1-17(2,3)21-14(12-9-26(24,25)10-13(12)20-21)19-16(23)15(22)18-11-7-5-4-6-8-11/h11H,4-10H2,1-3H3,(H,18,22)(H,19,23). The molecule has 1 aliphatic carbocycles. The number of carbonyl (C=O) groups excluding carboxylic acids is 2. The molecule has 0 radical (unpaired) electrons. The molecule has 144 valence electrons. The maximum Gasteiger partial charge on any atom is 0.314 e. The number of amides is 2. The Labute approximate surface area is 153 Å². The molecule has 8 nitrogen and oxygen atoms in total. The van der Waals surface area contributed by atoms with E-state index in [1.807, 2.05) is 20.8 Å². The molecule has 1 aromatic heterocycles. The lowest BCUT2D eigenvalue weighted by molar-refractivity contribution is -0.136. The molecule has 1 aliphatic heterocycles. The zero-order valence-corrected chi connectivity index (χ0v) is 16.3. The zero-order chi connectivity index (χ0) is 19.1. The van der Waals surface area contributed by atoms with E-state index in [0.29, 0.717) is 17.1 Å². The number of nitrogens with one attached hydrogen (secondary N) is 2. The van der Waals surface area contributed by atoms with Gasteiger partial charge in [-0.1, -0.05) is 19.3 Å². The summed E-state index contributed by atoms with van der Waals surface area (Å²) in [4.78, 5) is 24.7. The van der Waals surface area contributed by atoms with Crippen LogP contribution in [0.1, 0.15) is 64.1 Å². The SMILES string of the molecule is CC(C)(C)n1nc2c(c1NC(=O)C(=O)NC1CCCCC1)CS(=O)(=O)C2. The Morgan fingerprint density at radius 3 is 2.35 bits per heavy atom. The van der Waals surface area contributed by atoms with E-state index >= 15 is 0 Å². The van der Waals surface area contributed by atoms with Crippen LogP contribution in [0.3, 0.4) is 0 Å². The van der Waals surface area contributed by atoms with E-state index in [2.05, 4.69) is 15.7 Å². The number of nitrogens with zero attached hydrogens (tertiary/aromatic N) is 2. The Hall–Kier alpha value is -1.90. The van der Waals surface area contributed by atoms with E-state index in [1.165, 1.54) is 0 Å². The summed E-state index contributed by atoms with van der Waals surface area (Å²) in [6.45, 7) is 5.71. The van der Waals surface area contributed by atoms with Gasteiger partial charge in [-0.05, 0) is 33.6 Å². The first-order valence-electron chi connectivity index (χ1n) is 9.00. The van der Waals surface area contributed by atoms with Gasteiger partial charge in [0.15, 0.2) is 9.84 Å². The minimum absolute atomic E-state index is 0.0284. The van der Waals surface area contributed by atoms with Crippen LogP contribution in [0.15, 0.2) is 0 Å². The van der Waals surface area contributed by atoms with Gasteiger partial charge in [-0.2, -0.15) is 5.10 Å². The second-order valence-electron chi connectivity index (χ2n) is 8.15. The molecule has 2 amide bonds. The van der Waals surface area contributed by atoms with Gasteiger partial charge in [0.25, 0.3) is 0 Å². The molecule has 9 heteroatoms. The molecule has 1 fully saturated rings. The molecule has 3 rings (SSSR count). The highest BCUT2D eigenvalue weighted by Gasteiger charge is 2.36. The van der Waals surface area contributed by atoms with E-state index in [4.69, 9.17) is 0 Å². The minimum Gasteiger partial charge on any atom is -0.345 e. The Bertz CT molecular complexity index is 830. The molecule has 0 spiro atoms. The number of aromatic nitrogens is 2. The van der Waals surface area contributed by atoms with Gasteiger partial charge in [0, 0.05) is 11.6 Å². The van der Waals surface area contributed by atoms with E-state index in [1.54, 1.807) is 4.68 Å². The fraction of sp³-hybridized carbons (Fsp3) is 0.706. The predicted octanol–water partition coefficient (Wildman–Crippen LogP) is 1.45. The molecule has 0 saturated heterocycles. The molecule has 1 saturated carbocycles. The quantitative estimate of drug-likeness (QED) is 0.752. The molecule has 0 unspecified atom stereocenters. The summed E-state index contributed by atoms with van der Waals surface area (Å²) >= 11 is 0. The molecule has 2 aliphatic rings. The van der Waals surface area contributed by atoms with Crippen molar-refractivity contribution in [2.75, 3.05) is 5.32 Å². The second-order valence-corrected chi connectivity index (χ2v) is 10.2. The highest BCUT2D eigenvalue weighted by Crippen LogP contribution is 2.34. The van der Waals surface area contributed by atoms with Crippen molar-refractivity contribution < 1.29 is 18.0 Å². The number of anilines is 1. The van der Waals surface area contributed by atoms with Crippen molar-refractivity contribution in [1.82, 2.24) is 15.1 Å². The molecular formula is C17H26N4O4S. The van der Waals surface area contributed by atoms with Crippen molar-refractivity contribution in [1.29, 1.82) is 0 Å². The lowest BCUT2D eigenvalue weighted by Gasteiger charge is -2.24. The number of sulfone groups is 1. The average Bonchev–Trinajstić information content (AvgIpc) is 3.01. The number of rotatable bonds is 2. The normalized spacial score (nSPS) is 19.8. The summed E-state index contributed by atoms with van der Waals surface area (Å²) in [7, 11) is -3.25. The van der Waals surface area contributed by atoms with E-state index in [9.17, 15) is 18.0 Å². The van der Waals surface area contributed by atoms with Crippen LogP contribution in [0.25, 0.3) is 0 Å². The maximum absolute atomic E-state index is 12.4. The minimum atomic E-state index is -3.25. The van der Waals surface area contributed by atoms with Crippen molar-refractivity contribution in [3.8, 4) is 0 Å². The predicted molar refractivity (Wildman–Crippen MR) is 97.2 cm³/mol. The summed E-state index contributed by atoms with van der Waals surface area (Å²) in [5.74, 6) is -1.47. The Morgan fingerprint density at radius 1 is 1.08 bits per heavy atom. The van der Waals surface area contributed by atoms with Gasteiger partial charge in [0.2, 0.25) is 0 Å². The van der Waals surface area contributed by atoms with E-state index in [0.717, 1.165) is 32.1 Å². The van der Waals surface area contributed by atoms with Crippen LogP contribution >= 0.6 is 0 Å². The molecule has 2 N–H and O–H groups in total. The van der Waals surface area contributed by atoms with Gasteiger partial charge < -0.3 is 10.6 Å². The van der Waals surface area contributed by atoms with Crippen molar-refractivity contribution >= 4 is 27.5 Å². The third kappa shape index (κ3) is 3.92. The second kappa shape index (κ2) is 6.68. The molecule has 0 aromatic carbocycles. The summed E-state index contributed by atoms with van der Waals surface area (Å²) in [6, 6.07) is 0.0284. The van der Waals surface area contributed by atoms with E-state index < -0.39 is 27.2 Å². The first kappa shape index (κ1) is 18.9. The molecular weight excluding hydrogens is 356 g/mol. The fourth-order valence-corrected chi connectivity index (χ4v) is 5.01. The highest BCUT2D eigenvalue weighted by molar-refractivity contribution is 7.90. The van der Waals surface area contributed by atoms with Gasteiger partial charge in [-0.15, -0.1) is 0 Å². The monoisotopic (exact) mass is 382 g/mol. The highest BCUT2D eigenvalue weighted by atomic mass is 32.2. The summed E-state index contributed by atoms with van der Waals surface area (Å²) in [5.41, 5.74) is 0.470. The van der Waals surface area contributed by atoms with Crippen molar-refractivity contribution in [3.05, 3.63) is 11.3 Å².